The molecule has 0 saturated carbocycles. The van der Waals surface area contributed by atoms with Crippen molar-refractivity contribution in [2.75, 3.05) is 9.80 Å². The van der Waals surface area contributed by atoms with Crippen molar-refractivity contribution in [3.05, 3.63) is 182 Å². The summed E-state index contributed by atoms with van der Waals surface area (Å²) >= 11 is 5.71. The Labute approximate surface area is 298 Å². The molecular weight excluding hydrogens is 653 g/mol. The summed E-state index contributed by atoms with van der Waals surface area (Å²) in [6, 6.07) is 65.0. The fourth-order valence-electron chi connectivity index (χ4n) is 6.37. The van der Waals surface area contributed by atoms with Crippen LogP contribution in [0.5, 0.6) is 0 Å². The first kappa shape index (κ1) is 29.7. The normalized spacial score (nSPS) is 11.3. The zero-order valence-corrected chi connectivity index (χ0v) is 28.9. The van der Waals surface area contributed by atoms with Crippen LogP contribution >= 0.6 is 34.0 Å². The minimum Gasteiger partial charge on any atom is -0.311 e. The highest BCUT2D eigenvalue weighted by Gasteiger charge is 2.17. The van der Waals surface area contributed by atoms with Crippen LogP contribution in [0.2, 0.25) is 0 Å². The number of thiophene rings is 3. The van der Waals surface area contributed by atoms with E-state index in [1.165, 1.54) is 39.7 Å². The highest BCUT2D eigenvalue weighted by Crippen LogP contribution is 2.48. The second-order valence-corrected chi connectivity index (χ2v) is 15.0. The van der Waals surface area contributed by atoms with Gasteiger partial charge in [-0.05, 0) is 96.1 Å². The lowest BCUT2D eigenvalue weighted by Crippen LogP contribution is -2.09. The molecule has 3 aromatic heterocycles. The molecule has 0 bridgehead atoms. The number of para-hydroxylation sites is 4. The van der Waals surface area contributed by atoms with Crippen LogP contribution in [0.25, 0.3) is 39.7 Å². The largest absolute Gasteiger partial charge is 0.311 e. The van der Waals surface area contributed by atoms with E-state index >= 15 is 0 Å². The number of rotatable bonds is 8. The molecule has 0 fully saturated rings. The van der Waals surface area contributed by atoms with E-state index in [0.29, 0.717) is 0 Å². The molecule has 0 aliphatic carbocycles. The Morgan fingerprint density at radius 2 is 0.571 bits per heavy atom. The van der Waals surface area contributed by atoms with Crippen LogP contribution in [0.3, 0.4) is 0 Å². The molecule has 0 saturated heterocycles. The van der Waals surface area contributed by atoms with E-state index in [1.807, 2.05) is 34.0 Å². The van der Waals surface area contributed by atoms with Gasteiger partial charge >= 0.3 is 0 Å². The van der Waals surface area contributed by atoms with Crippen LogP contribution in [0.15, 0.2) is 182 Å². The first-order chi connectivity index (χ1) is 24.3. The second-order valence-electron chi connectivity index (χ2n) is 11.8. The third-order valence-electron chi connectivity index (χ3n) is 8.70. The van der Waals surface area contributed by atoms with Gasteiger partial charge in [0, 0.05) is 53.3 Å². The summed E-state index contributed by atoms with van der Waals surface area (Å²) in [6.07, 6.45) is 0. The molecule has 49 heavy (non-hydrogen) atoms. The molecule has 0 amide bonds. The van der Waals surface area contributed by atoms with Crippen molar-refractivity contribution in [1.82, 2.24) is 0 Å². The molecular formula is C44H30N2S3. The summed E-state index contributed by atoms with van der Waals surface area (Å²) in [5.41, 5.74) is 9.38. The maximum Gasteiger partial charge on any atom is 0.0636 e. The third kappa shape index (κ3) is 5.72. The Kier molecular flexibility index (Phi) is 7.79. The van der Waals surface area contributed by atoms with E-state index in [1.54, 1.807) is 0 Å². The van der Waals surface area contributed by atoms with Gasteiger partial charge in [0.2, 0.25) is 0 Å². The van der Waals surface area contributed by atoms with Gasteiger partial charge in [0.25, 0.3) is 0 Å². The van der Waals surface area contributed by atoms with Gasteiger partial charge in [0.1, 0.15) is 0 Å². The molecule has 2 nitrogen and oxygen atoms in total. The summed E-state index contributed by atoms with van der Waals surface area (Å²) in [7, 11) is 0. The van der Waals surface area contributed by atoms with E-state index in [9.17, 15) is 0 Å². The van der Waals surface area contributed by atoms with Crippen LogP contribution in [0.1, 0.15) is 0 Å². The number of hydrogen-bond acceptors (Lipinski definition) is 5. The molecule has 0 aliphatic rings. The molecule has 0 aliphatic heterocycles. The fraction of sp³-hybridized carbons (Fsp3) is 0. The molecule has 0 radical (unpaired) electrons. The topological polar surface area (TPSA) is 6.48 Å². The zero-order chi connectivity index (χ0) is 32.6. The third-order valence-corrected chi connectivity index (χ3v) is 12.6. The van der Waals surface area contributed by atoms with Crippen molar-refractivity contribution in [1.29, 1.82) is 0 Å². The number of nitrogens with zero attached hydrogens (tertiary/aromatic N) is 2. The smallest absolute Gasteiger partial charge is 0.0636 e. The predicted molar refractivity (Wildman–Crippen MR) is 215 cm³/mol. The van der Waals surface area contributed by atoms with Gasteiger partial charge < -0.3 is 9.80 Å². The van der Waals surface area contributed by atoms with Gasteiger partial charge in [-0.25, -0.2) is 0 Å². The first-order valence-corrected chi connectivity index (χ1v) is 18.7. The minimum atomic E-state index is 1.14. The Bertz CT molecular complexity index is 2210. The van der Waals surface area contributed by atoms with Gasteiger partial charge in [-0.2, -0.15) is 0 Å². The summed E-state index contributed by atoms with van der Waals surface area (Å²) in [6.45, 7) is 0. The van der Waals surface area contributed by atoms with E-state index in [0.717, 1.165) is 34.1 Å². The number of fused-ring (bicyclic) bond motifs is 3. The van der Waals surface area contributed by atoms with Crippen LogP contribution < -0.4 is 9.80 Å². The molecule has 3 heterocycles. The van der Waals surface area contributed by atoms with Gasteiger partial charge in [-0.1, -0.05) is 97.1 Å². The zero-order valence-electron chi connectivity index (χ0n) is 26.4. The average molecular weight is 683 g/mol. The van der Waals surface area contributed by atoms with Gasteiger partial charge in [0.05, 0.1) is 9.40 Å². The van der Waals surface area contributed by atoms with E-state index in [4.69, 9.17) is 0 Å². The number of benzene rings is 6. The summed E-state index contributed by atoms with van der Waals surface area (Å²) in [5.74, 6) is 0. The standard InChI is InChI=1S/C44H30N2S3/c1-5-13-33(14-6-1)45(34-15-7-2-8-16-34)37-25-21-31(22-26-37)39-29-41-43(48-39)44-42(47-41)30-40(49-44)32-23-27-38(28-24-32)46(35-17-9-3-10-18-35)36-19-11-4-12-20-36/h1-30H. The van der Waals surface area contributed by atoms with Gasteiger partial charge in [0.15, 0.2) is 0 Å². The summed E-state index contributed by atoms with van der Waals surface area (Å²) in [4.78, 5) is 7.23. The molecule has 9 rings (SSSR count). The molecule has 0 spiro atoms. The van der Waals surface area contributed by atoms with Crippen LogP contribution in [-0.4, -0.2) is 0 Å². The van der Waals surface area contributed by atoms with Crippen LogP contribution in [0, 0.1) is 0 Å². The Morgan fingerprint density at radius 1 is 0.286 bits per heavy atom. The fourth-order valence-corrected chi connectivity index (χ4v) is 10.4. The average Bonchev–Trinajstić information content (AvgIpc) is 3.86. The monoisotopic (exact) mass is 682 g/mol. The van der Waals surface area contributed by atoms with Crippen LogP contribution in [-0.2, 0) is 0 Å². The van der Waals surface area contributed by atoms with Gasteiger partial charge in [-0.3, -0.25) is 0 Å². The SMILES string of the molecule is c1ccc(N(c2ccccc2)c2ccc(-c3cc4sc5cc(-c6ccc(N(c7ccccc7)c7ccccc7)cc6)sc5c4s3)cc2)cc1. The van der Waals surface area contributed by atoms with Crippen molar-refractivity contribution in [3.8, 4) is 20.9 Å². The van der Waals surface area contributed by atoms with Crippen molar-refractivity contribution in [2.24, 2.45) is 0 Å². The van der Waals surface area contributed by atoms with E-state index < -0.39 is 0 Å². The quantitative estimate of drug-likeness (QED) is 0.157. The van der Waals surface area contributed by atoms with Crippen LogP contribution in [0.4, 0.5) is 34.1 Å². The molecule has 0 atom stereocenters. The first-order valence-electron chi connectivity index (χ1n) is 16.3. The van der Waals surface area contributed by atoms with Crippen molar-refractivity contribution >= 4 is 86.9 Å². The lowest BCUT2D eigenvalue weighted by atomic mass is 10.1. The molecule has 9 aromatic rings. The van der Waals surface area contributed by atoms with Gasteiger partial charge in [-0.15, -0.1) is 34.0 Å². The Hall–Kier alpha value is -5.46. The highest BCUT2D eigenvalue weighted by molar-refractivity contribution is 7.40. The lowest BCUT2D eigenvalue weighted by Gasteiger charge is -2.25. The number of anilines is 6. The highest BCUT2D eigenvalue weighted by atomic mass is 32.1. The molecule has 234 valence electrons. The van der Waals surface area contributed by atoms with Crippen molar-refractivity contribution < 1.29 is 0 Å². The molecule has 0 N–H and O–H groups in total. The maximum atomic E-state index is 2.37. The maximum absolute atomic E-state index is 2.37. The molecule has 0 unspecified atom stereocenters. The van der Waals surface area contributed by atoms with E-state index in [2.05, 4.69) is 192 Å². The summed E-state index contributed by atoms with van der Waals surface area (Å²) < 4.78 is 5.51. The minimum absolute atomic E-state index is 1.14. The van der Waals surface area contributed by atoms with E-state index in [-0.39, 0.29) is 0 Å². The molecule has 6 aromatic carbocycles. The predicted octanol–water partition coefficient (Wildman–Crippen LogP) is 14.5. The Balaban J connectivity index is 1.00. The Morgan fingerprint density at radius 3 is 0.878 bits per heavy atom. The molecule has 5 heteroatoms. The second kappa shape index (κ2) is 12.9. The van der Waals surface area contributed by atoms with Crippen molar-refractivity contribution in [3.63, 3.8) is 0 Å². The van der Waals surface area contributed by atoms with Crippen molar-refractivity contribution in [2.45, 2.75) is 0 Å². The lowest BCUT2D eigenvalue weighted by molar-refractivity contribution is 1.28. The number of hydrogen-bond donors (Lipinski definition) is 0. The summed E-state index contributed by atoms with van der Waals surface area (Å²) in [5, 5.41) is 0.